The summed E-state index contributed by atoms with van der Waals surface area (Å²) in [6.07, 6.45) is -0.0529. The van der Waals surface area contributed by atoms with Crippen LogP contribution in [0.25, 0.3) is 0 Å². The molecule has 0 heterocycles. The van der Waals surface area contributed by atoms with Crippen LogP contribution in [0.15, 0.2) is 66.1 Å². The lowest BCUT2D eigenvalue weighted by atomic mass is 9.93. The van der Waals surface area contributed by atoms with Crippen LogP contribution in [-0.4, -0.2) is 83.3 Å². The van der Waals surface area contributed by atoms with E-state index in [1.807, 2.05) is 24.3 Å². The SMILES string of the molecule is CC(C)[C@H](NC(=O)[C@@H](NC(=O)[C@H](CC(=O)O)NC(=O)OCc1ccccc1)C1Cc2ccccc2C1)C(=O)NC1(/C=C/S(=O)(=O)C(C)C)CC1C(=O)O. The minimum absolute atomic E-state index is 0.0677. The van der Waals surface area contributed by atoms with Crippen molar-refractivity contribution in [2.24, 2.45) is 17.8 Å². The molecule has 2 aromatic rings. The second kappa shape index (κ2) is 17.1. The van der Waals surface area contributed by atoms with Crippen LogP contribution >= 0.6 is 0 Å². The monoisotopic (exact) mass is 754 g/mol. The van der Waals surface area contributed by atoms with Gasteiger partial charge < -0.3 is 36.2 Å². The van der Waals surface area contributed by atoms with Crippen molar-refractivity contribution in [3.05, 3.63) is 82.8 Å². The number of nitrogens with one attached hydrogen (secondary N) is 4. The highest BCUT2D eigenvalue weighted by atomic mass is 32.2. The minimum atomic E-state index is -3.73. The zero-order valence-corrected chi connectivity index (χ0v) is 30.7. The van der Waals surface area contributed by atoms with Gasteiger partial charge in [-0.2, -0.15) is 0 Å². The molecule has 2 unspecified atom stereocenters. The van der Waals surface area contributed by atoms with Gasteiger partial charge in [-0.1, -0.05) is 68.4 Å². The Bertz CT molecular complexity index is 1820. The molecule has 15 nitrogen and oxygen atoms in total. The Kier molecular flexibility index (Phi) is 13.0. The van der Waals surface area contributed by atoms with Crippen LogP contribution in [0, 0.1) is 17.8 Å². The lowest BCUT2D eigenvalue weighted by molar-refractivity contribution is -0.141. The first-order chi connectivity index (χ1) is 24.9. The molecule has 0 radical (unpaired) electrons. The van der Waals surface area contributed by atoms with Crippen molar-refractivity contribution in [1.29, 1.82) is 0 Å². The number of carbonyl (C=O) groups excluding carboxylic acids is 4. The Morgan fingerprint density at radius 1 is 0.849 bits per heavy atom. The number of ether oxygens (including phenoxy) is 1. The lowest BCUT2D eigenvalue weighted by Gasteiger charge is -2.30. The van der Waals surface area contributed by atoms with E-state index in [0.29, 0.717) is 18.4 Å². The van der Waals surface area contributed by atoms with Crippen molar-refractivity contribution in [3.8, 4) is 0 Å². The third-order valence-electron chi connectivity index (χ3n) is 9.45. The Balaban J connectivity index is 1.55. The molecular formula is C37H46N4O11S. The lowest BCUT2D eigenvalue weighted by Crippen LogP contribution is -2.60. The van der Waals surface area contributed by atoms with Crippen LogP contribution in [0.4, 0.5) is 4.79 Å². The number of carbonyl (C=O) groups is 6. The first-order valence-corrected chi connectivity index (χ1v) is 18.9. The molecule has 1 fully saturated rings. The molecule has 6 N–H and O–H groups in total. The molecule has 53 heavy (non-hydrogen) atoms. The van der Waals surface area contributed by atoms with Crippen LogP contribution in [0.2, 0.25) is 0 Å². The second-order valence-corrected chi connectivity index (χ2v) is 16.5. The van der Waals surface area contributed by atoms with Crippen molar-refractivity contribution in [2.75, 3.05) is 0 Å². The number of fused-ring (bicyclic) bond motifs is 1. The van der Waals surface area contributed by atoms with E-state index >= 15 is 0 Å². The Labute approximate surface area is 307 Å². The summed E-state index contributed by atoms with van der Waals surface area (Å²) in [7, 11) is -3.73. The van der Waals surface area contributed by atoms with Gasteiger partial charge in [0.1, 0.15) is 24.7 Å². The van der Waals surface area contributed by atoms with Crippen molar-refractivity contribution in [1.82, 2.24) is 21.3 Å². The van der Waals surface area contributed by atoms with Crippen molar-refractivity contribution >= 4 is 45.6 Å². The summed E-state index contributed by atoms with van der Waals surface area (Å²) in [4.78, 5) is 77.8. The fraction of sp³-hybridized carbons (Fsp3) is 0.459. The molecule has 0 spiro atoms. The molecular weight excluding hydrogens is 708 g/mol. The average molecular weight is 755 g/mol. The highest BCUT2D eigenvalue weighted by Gasteiger charge is 2.59. The van der Waals surface area contributed by atoms with Crippen molar-refractivity contribution < 1.29 is 52.1 Å². The Morgan fingerprint density at radius 3 is 1.98 bits per heavy atom. The first-order valence-electron chi connectivity index (χ1n) is 17.3. The van der Waals surface area contributed by atoms with Gasteiger partial charge in [0.05, 0.1) is 23.1 Å². The van der Waals surface area contributed by atoms with E-state index in [9.17, 15) is 47.4 Å². The van der Waals surface area contributed by atoms with E-state index < -0.39 is 98.7 Å². The normalized spacial score (nSPS) is 19.8. The number of carboxylic acids is 2. The summed E-state index contributed by atoms with van der Waals surface area (Å²) in [5.74, 6) is -7.34. The van der Waals surface area contributed by atoms with Gasteiger partial charge in [-0.15, -0.1) is 0 Å². The largest absolute Gasteiger partial charge is 0.481 e. The quantitative estimate of drug-likeness (QED) is 0.137. The number of amides is 4. The number of hydrogen-bond donors (Lipinski definition) is 6. The summed E-state index contributed by atoms with van der Waals surface area (Å²) in [6, 6.07) is 11.9. The van der Waals surface area contributed by atoms with Crippen molar-refractivity contribution in [2.45, 2.75) is 88.9 Å². The van der Waals surface area contributed by atoms with Gasteiger partial charge in [-0.3, -0.25) is 24.0 Å². The molecule has 2 aliphatic rings. The molecule has 2 aliphatic carbocycles. The number of hydrogen-bond acceptors (Lipinski definition) is 9. The van der Waals surface area contributed by atoms with Crippen LogP contribution in [0.3, 0.4) is 0 Å². The predicted molar refractivity (Wildman–Crippen MR) is 192 cm³/mol. The molecule has 5 atom stereocenters. The van der Waals surface area contributed by atoms with E-state index in [1.54, 1.807) is 44.2 Å². The molecule has 4 rings (SSSR count). The van der Waals surface area contributed by atoms with E-state index in [1.165, 1.54) is 13.8 Å². The number of sulfone groups is 1. The topological polar surface area (TPSA) is 234 Å². The Hall–Kier alpha value is -5.25. The Morgan fingerprint density at radius 2 is 1.45 bits per heavy atom. The van der Waals surface area contributed by atoms with Crippen molar-refractivity contribution in [3.63, 3.8) is 0 Å². The molecule has 4 amide bonds. The summed E-state index contributed by atoms with van der Waals surface area (Å²) in [6.45, 7) is 6.07. The van der Waals surface area contributed by atoms with Gasteiger partial charge in [-0.25, -0.2) is 13.2 Å². The zero-order chi connectivity index (χ0) is 39.1. The number of alkyl carbamates (subject to hydrolysis) is 1. The fourth-order valence-electron chi connectivity index (χ4n) is 6.18. The average Bonchev–Trinajstić information content (AvgIpc) is 3.65. The van der Waals surface area contributed by atoms with Gasteiger partial charge >= 0.3 is 18.0 Å². The molecule has 0 saturated heterocycles. The first kappa shape index (κ1) is 40.5. The van der Waals surface area contributed by atoms with E-state index in [2.05, 4.69) is 21.3 Å². The summed E-state index contributed by atoms with van der Waals surface area (Å²) < 4.78 is 30.1. The highest BCUT2D eigenvalue weighted by molar-refractivity contribution is 7.94. The van der Waals surface area contributed by atoms with Crippen LogP contribution in [0.5, 0.6) is 0 Å². The third-order valence-corrected chi connectivity index (χ3v) is 11.3. The minimum Gasteiger partial charge on any atom is -0.481 e. The number of benzene rings is 2. The maximum atomic E-state index is 14.1. The van der Waals surface area contributed by atoms with Gasteiger partial charge in [0, 0.05) is 5.41 Å². The number of rotatable bonds is 17. The number of aliphatic carboxylic acids is 2. The molecule has 0 aromatic heterocycles. The summed E-state index contributed by atoms with van der Waals surface area (Å²) >= 11 is 0. The van der Waals surface area contributed by atoms with E-state index in [4.69, 9.17) is 4.74 Å². The van der Waals surface area contributed by atoms with Crippen LogP contribution in [-0.2, 0) is 58.0 Å². The molecule has 0 bridgehead atoms. The summed E-state index contributed by atoms with van der Waals surface area (Å²) in [5.41, 5.74) is 1.02. The van der Waals surface area contributed by atoms with Crippen LogP contribution in [0.1, 0.15) is 57.2 Å². The fourth-order valence-corrected chi connectivity index (χ4v) is 6.93. The smallest absolute Gasteiger partial charge is 0.408 e. The van der Waals surface area contributed by atoms with Crippen LogP contribution < -0.4 is 21.3 Å². The molecule has 1 saturated carbocycles. The predicted octanol–water partition coefficient (Wildman–Crippen LogP) is 2.09. The molecule has 2 aromatic carbocycles. The van der Waals surface area contributed by atoms with Gasteiger partial charge in [0.2, 0.25) is 17.7 Å². The van der Waals surface area contributed by atoms with E-state index in [-0.39, 0.29) is 13.0 Å². The van der Waals surface area contributed by atoms with Gasteiger partial charge in [0.25, 0.3) is 0 Å². The van der Waals surface area contributed by atoms with Gasteiger partial charge in [-0.05, 0) is 67.7 Å². The second-order valence-electron chi connectivity index (χ2n) is 14.1. The number of carboxylic acid groups (broad SMARTS) is 2. The summed E-state index contributed by atoms with van der Waals surface area (Å²) in [5, 5.41) is 29.6. The molecule has 0 aliphatic heterocycles. The third kappa shape index (κ3) is 10.7. The maximum absolute atomic E-state index is 14.1. The highest BCUT2D eigenvalue weighted by Crippen LogP contribution is 2.45. The zero-order valence-electron chi connectivity index (χ0n) is 29.9. The van der Waals surface area contributed by atoms with E-state index in [0.717, 1.165) is 22.6 Å². The molecule has 286 valence electrons. The van der Waals surface area contributed by atoms with Gasteiger partial charge in [0.15, 0.2) is 9.84 Å². The maximum Gasteiger partial charge on any atom is 0.408 e. The molecule has 16 heteroatoms. The standard InChI is InChI=1S/C37H46N4O11S/c1-21(2)30(34(46)41-37(19-27(37)35(47)48)14-15-53(50,51)22(3)4)39-33(45)31(26-16-24-12-8-9-13-25(24)17-26)40-32(44)28(18-29(42)43)38-36(49)52-20-23-10-6-5-7-11-23/h5-15,21-22,26-28,30-31H,16-20H2,1-4H3,(H,38,49)(H,39,45)(H,40,44)(H,41,46)(H,42,43)(H,47,48)/b15-14+/t27?,28-,30-,31-,37?/m0/s1.